The summed E-state index contributed by atoms with van der Waals surface area (Å²) in [5.74, 6) is 0.727. The number of rotatable bonds is 2. The number of carbonyl (C=O) groups is 1. The Balaban J connectivity index is 1.67. The average Bonchev–Trinajstić information content (AvgIpc) is 2.45. The molecule has 3 aliphatic heterocycles. The number of fused-ring (bicyclic) bond motifs is 2. The first-order valence-electron chi connectivity index (χ1n) is 8.79. The molecule has 3 aliphatic rings. The van der Waals surface area contributed by atoms with E-state index in [2.05, 4.69) is 6.08 Å². The van der Waals surface area contributed by atoms with Crippen molar-refractivity contribution < 1.29 is 19.0 Å². The first kappa shape index (κ1) is 16.8. The van der Waals surface area contributed by atoms with Gasteiger partial charge >= 0.3 is 6.09 Å². The van der Waals surface area contributed by atoms with Crippen LogP contribution in [0.3, 0.4) is 0 Å². The highest BCUT2D eigenvalue weighted by molar-refractivity contribution is 5.70. The monoisotopic (exact) mass is 323 g/mol. The van der Waals surface area contributed by atoms with E-state index in [1.54, 1.807) is 0 Å². The minimum absolute atomic E-state index is 0.0205. The average molecular weight is 323 g/mol. The predicted octanol–water partition coefficient (Wildman–Crippen LogP) is 3.14. The zero-order valence-electron chi connectivity index (χ0n) is 14.5. The lowest BCUT2D eigenvalue weighted by molar-refractivity contribution is -0.0541. The highest BCUT2D eigenvalue weighted by Gasteiger charge is 2.40. The maximum atomic E-state index is 12.5. The van der Waals surface area contributed by atoms with Crippen LogP contribution < -0.4 is 0 Å². The predicted molar refractivity (Wildman–Crippen MR) is 87.3 cm³/mol. The molecule has 0 aliphatic carbocycles. The second-order valence-corrected chi connectivity index (χ2v) is 7.94. The molecule has 3 heterocycles. The van der Waals surface area contributed by atoms with E-state index in [1.807, 2.05) is 25.7 Å². The molecule has 0 N–H and O–H groups in total. The number of amides is 1. The summed E-state index contributed by atoms with van der Waals surface area (Å²) >= 11 is 0. The molecular weight excluding hydrogens is 294 g/mol. The number of carbonyl (C=O) groups excluding carboxylic acids is 1. The van der Waals surface area contributed by atoms with Crippen LogP contribution in [0.1, 0.15) is 46.5 Å². The number of morpholine rings is 1. The van der Waals surface area contributed by atoms with Crippen molar-refractivity contribution in [3.05, 3.63) is 11.6 Å². The Morgan fingerprint density at radius 1 is 1.26 bits per heavy atom. The number of nitrogens with zero attached hydrogens (tertiary/aromatic N) is 1. The molecule has 5 nitrogen and oxygen atoms in total. The lowest BCUT2D eigenvalue weighted by Crippen LogP contribution is -2.57. The van der Waals surface area contributed by atoms with Gasteiger partial charge in [-0.25, -0.2) is 4.79 Å². The first-order chi connectivity index (χ1) is 10.9. The van der Waals surface area contributed by atoms with Crippen LogP contribution in [0.4, 0.5) is 4.79 Å². The van der Waals surface area contributed by atoms with Crippen LogP contribution in [0, 0.1) is 5.92 Å². The Morgan fingerprint density at radius 2 is 2.00 bits per heavy atom. The normalized spacial score (nSPS) is 29.2. The van der Waals surface area contributed by atoms with Crippen LogP contribution in [0.15, 0.2) is 11.6 Å². The van der Waals surface area contributed by atoms with Crippen LogP contribution in [-0.4, -0.2) is 55.1 Å². The molecule has 1 amide bonds. The number of hydrogen-bond donors (Lipinski definition) is 0. The zero-order chi connectivity index (χ0) is 16.4. The molecule has 0 spiro atoms. The van der Waals surface area contributed by atoms with Crippen LogP contribution in [0.5, 0.6) is 0 Å². The third kappa shape index (κ3) is 4.27. The second-order valence-electron chi connectivity index (χ2n) is 7.94. The van der Waals surface area contributed by atoms with E-state index in [1.165, 1.54) is 5.57 Å². The highest BCUT2D eigenvalue weighted by atomic mass is 16.6. The van der Waals surface area contributed by atoms with Gasteiger partial charge in [-0.15, -0.1) is 0 Å². The van der Waals surface area contributed by atoms with E-state index in [4.69, 9.17) is 14.2 Å². The van der Waals surface area contributed by atoms with Gasteiger partial charge in [0.15, 0.2) is 0 Å². The fourth-order valence-electron chi connectivity index (χ4n) is 3.76. The molecule has 0 saturated carbocycles. The van der Waals surface area contributed by atoms with E-state index in [0.717, 1.165) is 44.8 Å². The van der Waals surface area contributed by atoms with Crippen LogP contribution >= 0.6 is 0 Å². The second kappa shape index (κ2) is 6.81. The molecule has 23 heavy (non-hydrogen) atoms. The molecule has 3 rings (SSSR count). The van der Waals surface area contributed by atoms with Gasteiger partial charge in [0, 0.05) is 13.2 Å². The number of hydrogen-bond acceptors (Lipinski definition) is 4. The van der Waals surface area contributed by atoms with Crippen molar-refractivity contribution in [2.24, 2.45) is 5.92 Å². The first-order valence-corrected chi connectivity index (χ1v) is 8.79. The minimum Gasteiger partial charge on any atom is -0.444 e. The third-order valence-corrected chi connectivity index (χ3v) is 4.77. The third-order valence-electron chi connectivity index (χ3n) is 4.77. The molecular formula is C18H29NO4. The standard InChI is InChI=1S/C18H29NO4/c1-18(2,3)23-17(20)19-15-9-14(10-16(19)12-22-11-15)8-13-4-6-21-7-5-13/h9,13,15-16H,4-8,10-12H2,1-3H3. The molecule has 0 aromatic rings. The molecule has 0 aromatic heterocycles. The summed E-state index contributed by atoms with van der Waals surface area (Å²) in [6.45, 7) is 8.69. The van der Waals surface area contributed by atoms with Gasteiger partial charge in [-0.1, -0.05) is 11.6 Å². The van der Waals surface area contributed by atoms with Crippen molar-refractivity contribution in [3.63, 3.8) is 0 Å². The molecule has 0 aromatic carbocycles. The van der Waals surface area contributed by atoms with Crippen molar-refractivity contribution in [2.45, 2.75) is 64.1 Å². The molecule has 0 radical (unpaired) electrons. The summed E-state index contributed by atoms with van der Waals surface area (Å²) in [7, 11) is 0. The number of ether oxygens (including phenoxy) is 3. The van der Waals surface area contributed by atoms with Crippen molar-refractivity contribution in [1.82, 2.24) is 4.90 Å². The molecule has 2 unspecified atom stereocenters. The Bertz CT molecular complexity index is 462. The maximum Gasteiger partial charge on any atom is 0.411 e. The summed E-state index contributed by atoms with van der Waals surface area (Å²) in [6.07, 6.45) is 6.38. The summed E-state index contributed by atoms with van der Waals surface area (Å²) in [4.78, 5) is 14.4. The van der Waals surface area contributed by atoms with E-state index in [0.29, 0.717) is 13.2 Å². The summed E-state index contributed by atoms with van der Waals surface area (Å²) in [6, 6.07) is 0.135. The molecule has 2 bridgehead atoms. The smallest absolute Gasteiger partial charge is 0.411 e. The largest absolute Gasteiger partial charge is 0.444 e. The van der Waals surface area contributed by atoms with E-state index >= 15 is 0 Å². The van der Waals surface area contributed by atoms with Gasteiger partial charge in [-0.3, -0.25) is 4.90 Å². The van der Waals surface area contributed by atoms with Crippen LogP contribution in [0.2, 0.25) is 0 Å². The van der Waals surface area contributed by atoms with Gasteiger partial charge < -0.3 is 14.2 Å². The van der Waals surface area contributed by atoms with Crippen molar-refractivity contribution in [2.75, 3.05) is 26.4 Å². The topological polar surface area (TPSA) is 48.0 Å². The summed E-state index contributed by atoms with van der Waals surface area (Å²) < 4.78 is 16.7. The fraction of sp³-hybridized carbons (Fsp3) is 0.833. The van der Waals surface area contributed by atoms with Gasteiger partial charge in [0.05, 0.1) is 25.3 Å². The lowest BCUT2D eigenvalue weighted by Gasteiger charge is -2.45. The molecule has 5 heteroatoms. The maximum absolute atomic E-state index is 12.5. The minimum atomic E-state index is -0.460. The zero-order valence-corrected chi connectivity index (χ0v) is 14.5. The SMILES string of the molecule is CC(C)(C)OC(=O)N1C2C=C(CC3CCOCC3)CC1COC2. The molecule has 130 valence electrons. The fourth-order valence-corrected chi connectivity index (χ4v) is 3.76. The van der Waals surface area contributed by atoms with Gasteiger partial charge in [0.25, 0.3) is 0 Å². The Morgan fingerprint density at radius 3 is 2.65 bits per heavy atom. The van der Waals surface area contributed by atoms with E-state index in [-0.39, 0.29) is 18.2 Å². The highest BCUT2D eigenvalue weighted by Crippen LogP contribution is 2.33. The summed E-state index contributed by atoms with van der Waals surface area (Å²) in [5, 5.41) is 0. The van der Waals surface area contributed by atoms with Gasteiger partial charge in [-0.2, -0.15) is 0 Å². The van der Waals surface area contributed by atoms with Gasteiger partial charge in [-0.05, 0) is 52.4 Å². The van der Waals surface area contributed by atoms with E-state index < -0.39 is 5.60 Å². The Kier molecular flexibility index (Phi) is 4.97. The van der Waals surface area contributed by atoms with E-state index in [9.17, 15) is 4.79 Å². The van der Waals surface area contributed by atoms with Crippen molar-refractivity contribution in [1.29, 1.82) is 0 Å². The molecule has 2 fully saturated rings. The van der Waals surface area contributed by atoms with Crippen LogP contribution in [-0.2, 0) is 14.2 Å². The van der Waals surface area contributed by atoms with Crippen molar-refractivity contribution >= 4 is 6.09 Å². The van der Waals surface area contributed by atoms with Crippen molar-refractivity contribution in [3.8, 4) is 0 Å². The Labute approximate surface area is 138 Å². The Hall–Kier alpha value is -1.07. The summed E-state index contributed by atoms with van der Waals surface area (Å²) in [5.41, 5.74) is 1.02. The molecule has 2 atom stereocenters. The van der Waals surface area contributed by atoms with Gasteiger partial charge in [0.1, 0.15) is 5.60 Å². The van der Waals surface area contributed by atoms with Gasteiger partial charge in [0.2, 0.25) is 0 Å². The molecule has 2 saturated heterocycles. The quantitative estimate of drug-likeness (QED) is 0.733. The lowest BCUT2D eigenvalue weighted by atomic mass is 9.85. The van der Waals surface area contributed by atoms with Crippen LogP contribution in [0.25, 0.3) is 0 Å².